The fourth-order valence-electron chi connectivity index (χ4n) is 2.93. The van der Waals surface area contributed by atoms with Crippen LogP contribution in [0.15, 0.2) is 48.5 Å². The van der Waals surface area contributed by atoms with Gasteiger partial charge in [0.15, 0.2) is 0 Å². The Balaban J connectivity index is 1.40. The van der Waals surface area contributed by atoms with Crippen molar-refractivity contribution in [3.63, 3.8) is 0 Å². The first-order valence-corrected chi connectivity index (χ1v) is 8.90. The lowest BCUT2D eigenvalue weighted by molar-refractivity contribution is -0.121. The van der Waals surface area contributed by atoms with Crippen LogP contribution in [0.4, 0.5) is 0 Å². The quantitative estimate of drug-likeness (QED) is 0.762. The lowest BCUT2D eigenvalue weighted by Crippen LogP contribution is -2.32. The maximum atomic E-state index is 12.2. The van der Waals surface area contributed by atoms with Crippen molar-refractivity contribution in [3.05, 3.63) is 70.2 Å². The molecule has 0 unspecified atom stereocenters. The van der Waals surface area contributed by atoms with E-state index in [4.69, 9.17) is 11.6 Å². The zero-order valence-corrected chi connectivity index (χ0v) is 15.0. The Morgan fingerprint density at radius 1 is 0.962 bits per heavy atom. The number of rotatable bonds is 7. The average Bonchev–Trinajstić information content (AvgIpc) is 2.89. The van der Waals surface area contributed by atoms with Crippen LogP contribution in [0.5, 0.6) is 0 Å². The molecule has 2 aromatic carbocycles. The van der Waals surface area contributed by atoms with E-state index in [1.807, 2.05) is 24.3 Å². The lowest BCUT2D eigenvalue weighted by atomic mass is 10.1. The van der Waals surface area contributed by atoms with Gasteiger partial charge in [0.1, 0.15) is 0 Å². The van der Waals surface area contributed by atoms with E-state index in [1.165, 1.54) is 4.90 Å². The average molecular weight is 371 g/mol. The van der Waals surface area contributed by atoms with Gasteiger partial charge in [-0.05, 0) is 42.7 Å². The standard InChI is InChI=1S/C20H19ClN2O3/c21-15-9-7-14(8-10-15)11-12-22-18(24)6-3-13-23-19(25)16-4-1-2-5-17(16)20(23)26/h1-2,4-5,7-10H,3,6,11-13H2,(H,22,24). The van der Waals surface area contributed by atoms with Crippen molar-refractivity contribution < 1.29 is 14.4 Å². The van der Waals surface area contributed by atoms with Crippen LogP contribution in [0.1, 0.15) is 39.1 Å². The minimum atomic E-state index is -0.284. The van der Waals surface area contributed by atoms with E-state index in [9.17, 15) is 14.4 Å². The molecular formula is C20H19ClN2O3. The van der Waals surface area contributed by atoms with E-state index in [0.717, 1.165) is 12.0 Å². The normalized spacial score (nSPS) is 13.0. The largest absolute Gasteiger partial charge is 0.356 e. The molecular weight excluding hydrogens is 352 g/mol. The van der Waals surface area contributed by atoms with Gasteiger partial charge >= 0.3 is 0 Å². The minimum absolute atomic E-state index is 0.0874. The van der Waals surface area contributed by atoms with E-state index in [-0.39, 0.29) is 30.7 Å². The molecule has 0 aliphatic carbocycles. The van der Waals surface area contributed by atoms with Gasteiger partial charge in [-0.1, -0.05) is 35.9 Å². The molecule has 0 atom stereocenters. The van der Waals surface area contributed by atoms with Crippen LogP contribution in [0.25, 0.3) is 0 Å². The zero-order chi connectivity index (χ0) is 18.5. The van der Waals surface area contributed by atoms with Crippen LogP contribution < -0.4 is 5.32 Å². The third kappa shape index (κ3) is 4.11. The van der Waals surface area contributed by atoms with Crippen molar-refractivity contribution in [2.24, 2.45) is 0 Å². The lowest BCUT2D eigenvalue weighted by Gasteiger charge is -2.13. The van der Waals surface area contributed by atoms with Gasteiger partial charge in [0, 0.05) is 24.5 Å². The molecule has 0 saturated heterocycles. The molecule has 134 valence electrons. The van der Waals surface area contributed by atoms with E-state index >= 15 is 0 Å². The number of fused-ring (bicyclic) bond motifs is 1. The smallest absolute Gasteiger partial charge is 0.261 e. The van der Waals surface area contributed by atoms with Crippen LogP contribution in [0, 0.1) is 0 Å². The maximum Gasteiger partial charge on any atom is 0.261 e. The Bertz CT molecular complexity index is 798. The SMILES string of the molecule is O=C(CCCN1C(=O)c2ccccc2C1=O)NCCc1ccc(Cl)cc1. The summed E-state index contributed by atoms with van der Waals surface area (Å²) >= 11 is 5.84. The molecule has 26 heavy (non-hydrogen) atoms. The Morgan fingerprint density at radius 3 is 2.19 bits per heavy atom. The summed E-state index contributed by atoms with van der Waals surface area (Å²) in [6.07, 6.45) is 1.44. The molecule has 1 heterocycles. The first kappa shape index (κ1) is 18.1. The van der Waals surface area contributed by atoms with Crippen molar-refractivity contribution in [3.8, 4) is 0 Å². The molecule has 3 amide bonds. The summed E-state index contributed by atoms with van der Waals surface area (Å²) < 4.78 is 0. The number of carbonyl (C=O) groups excluding carboxylic acids is 3. The van der Waals surface area contributed by atoms with Crippen molar-refractivity contribution >= 4 is 29.3 Å². The number of nitrogens with zero attached hydrogens (tertiary/aromatic N) is 1. The highest BCUT2D eigenvalue weighted by Gasteiger charge is 2.34. The Labute approximate surface area is 156 Å². The molecule has 0 aromatic heterocycles. The van der Waals surface area contributed by atoms with Crippen LogP contribution in [-0.2, 0) is 11.2 Å². The van der Waals surface area contributed by atoms with Crippen molar-refractivity contribution in [1.29, 1.82) is 0 Å². The summed E-state index contributed by atoms with van der Waals surface area (Å²) in [6.45, 7) is 0.782. The van der Waals surface area contributed by atoms with Crippen molar-refractivity contribution in [1.82, 2.24) is 10.2 Å². The first-order chi connectivity index (χ1) is 12.6. The van der Waals surface area contributed by atoms with Gasteiger partial charge in [0.2, 0.25) is 5.91 Å². The molecule has 5 nitrogen and oxygen atoms in total. The topological polar surface area (TPSA) is 66.5 Å². The molecule has 1 aliphatic heterocycles. The number of nitrogens with one attached hydrogen (secondary N) is 1. The molecule has 0 radical (unpaired) electrons. The molecule has 0 fully saturated rings. The van der Waals surface area contributed by atoms with E-state index in [0.29, 0.717) is 29.1 Å². The summed E-state index contributed by atoms with van der Waals surface area (Å²) in [5.41, 5.74) is 1.97. The summed E-state index contributed by atoms with van der Waals surface area (Å²) in [7, 11) is 0. The fourth-order valence-corrected chi connectivity index (χ4v) is 3.05. The number of hydrogen-bond acceptors (Lipinski definition) is 3. The number of carbonyl (C=O) groups is 3. The molecule has 2 aromatic rings. The van der Waals surface area contributed by atoms with Crippen molar-refractivity contribution in [2.75, 3.05) is 13.1 Å². The maximum absolute atomic E-state index is 12.2. The summed E-state index contributed by atoms with van der Waals surface area (Å²) in [5.74, 6) is -0.655. The third-order valence-corrected chi connectivity index (χ3v) is 4.56. The van der Waals surface area contributed by atoms with Crippen molar-refractivity contribution in [2.45, 2.75) is 19.3 Å². The predicted octanol–water partition coefficient (Wildman–Crippen LogP) is 3.08. The van der Waals surface area contributed by atoms with Crippen LogP contribution >= 0.6 is 11.6 Å². The van der Waals surface area contributed by atoms with Gasteiger partial charge in [-0.15, -0.1) is 0 Å². The summed E-state index contributed by atoms with van der Waals surface area (Å²) in [6, 6.07) is 14.3. The number of hydrogen-bond donors (Lipinski definition) is 1. The van der Waals surface area contributed by atoms with Crippen LogP contribution in [0.3, 0.4) is 0 Å². The van der Waals surface area contributed by atoms with Gasteiger partial charge in [0.05, 0.1) is 11.1 Å². The molecule has 1 aliphatic rings. The van der Waals surface area contributed by atoms with Gasteiger partial charge in [-0.25, -0.2) is 0 Å². The van der Waals surface area contributed by atoms with Gasteiger partial charge in [-0.2, -0.15) is 0 Å². The monoisotopic (exact) mass is 370 g/mol. The van der Waals surface area contributed by atoms with Gasteiger partial charge in [0.25, 0.3) is 11.8 Å². The summed E-state index contributed by atoms with van der Waals surface area (Å²) in [4.78, 5) is 37.6. The second kappa shape index (κ2) is 8.15. The van der Waals surface area contributed by atoms with Crippen LogP contribution in [0.2, 0.25) is 5.02 Å². The number of imide groups is 1. The highest BCUT2D eigenvalue weighted by Crippen LogP contribution is 2.22. The highest BCUT2D eigenvalue weighted by molar-refractivity contribution is 6.30. The number of halogens is 1. The number of benzene rings is 2. The minimum Gasteiger partial charge on any atom is -0.356 e. The highest BCUT2D eigenvalue weighted by atomic mass is 35.5. The molecule has 0 spiro atoms. The Morgan fingerprint density at radius 2 is 1.58 bits per heavy atom. The van der Waals surface area contributed by atoms with Gasteiger partial charge in [-0.3, -0.25) is 19.3 Å². The van der Waals surface area contributed by atoms with E-state index in [1.54, 1.807) is 24.3 Å². The molecule has 1 N–H and O–H groups in total. The first-order valence-electron chi connectivity index (χ1n) is 8.52. The second-order valence-electron chi connectivity index (χ2n) is 6.14. The fraction of sp³-hybridized carbons (Fsp3) is 0.250. The van der Waals surface area contributed by atoms with Crippen LogP contribution in [-0.4, -0.2) is 35.7 Å². The van der Waals surface area contributed by atoms with E-state index in [2.05, 4.69) is 5.32 Å². The molecule has 0 saturated carbocycles. The summed E-state index contributed by atoms with van der Waals surface area (Å²) in [5, 5.41) is 3.54. The number of amides is 3. The van der Waals surface area contributed by atoms with Gasteiger partial charge < -0.3 is 5.32 Å². The molecule has 3 rings (SSSR count). The zero-order valence-electron chi connectivity index (χ0n) is 14.2. The predicted molar refractivity (Wildman–Crippen MR) is 99.2 cm³/mol. The molecule has 0 bridgehead atoms. The molecule has 6 heteroatoms. The Hall–Kier alpha value is -2.66. The third-order valence-electron chi connectivity index (χ3n) is 4.31. The second-order valence-corrected chi connectivity index (χ2v) is 6.57. The van der Waals surface area contributed by atoms with E-state index < -0.39 is 0 Å². The Kier molecular flexibility index (Phi) is 5.68.